The molecule has 0 aliphatic heterocycles. The quantitative estimate of drug-likeness (QED) is 0.567. The minimum atomic E-state index is 0.784. The Balaban J connectivity index is 3.19. The van der Waals surface area contributed by atoms with Crippen LogP contribution in [0.15, 0.2) is 0 Å². The van der Waals surface area contributed by atoms with E-state index in [1.54, 1.807) is 0 Å². The van der Waals surface area contributed by atoms with Crippen LogP contribution in [-0.4, -0.2) is 26.8 Å². The molecule has 74 valence electrons. The van der Waals surface area contributed by atoms with Gasteiger partial charge in [0.2, 0.25) is 0 Å². The number of hydrogen-bond acceptors (Lipinski definition) is 2. The lowest BCUT2D eigenvalue weighted by Gasteiger charge is -2.13. The molecule has 0 amide bonds. The zero-order valence-electron chi connectivity index (χ0n) is 8.73. The molecule has 2 nitrogen and oxygen atoms in total. The highest BCUT2D eigenvalue weighted by molar-refractivity contribution is 4.58. The van der Waals surface area contributed by atoms with E-state index in [0.29, 0.717) is 0 Å². The first-order chi connectivity index (χ1) is 5.85. The van der Waals surface area contributed by atoms with Gasteiger partial charge in [-0.1, -0.05) is 20.3 Å². The maximum absolute atomic E-state index is 5.43. The SMILES string of the molecule is CCCOCCC(CC)CNC. The molecule has 0 aromatic carbocycles. The fourth-order valence-corrected chi connectivity index (χ4v) is 1.24. The largest absolute Gasteiger partial charge is 0.381 e. The first-order valence-corrected chi connectivity index (χ1v) is 5.07. The average Bonchev–Trinajstić information content (AvgIpc) is 2.10. The number of rotatable bonds is 8. The van der Waals surface area contributed by atoms with Crippen LogP contribution in [0.5, 0.6) is 0 Å². The van der Waals surface area contributed by atoms with Gasteiger partial charge in [0.15, 0.2) is 0 Å². The van der Waals surface area contributed by atoms with Crippen molar-refractivity contribution in [1.82, 2.24) is 5.32 Å². The van der Waals surface area contributed by atoms with Gasteiger partial charge in [0.1, 0.15) is 0 Å². The average molecular weight is 173 g/mol. The highest BCUT2D eigenvalue weighted by Gasteiger charge is 2.03. The molecule has 2 heteroatoms. The third kappa shape index (κ3) is 6.62. The molecule has 0 fully saturated rings. The lowest BCUT2D eigenvalue weighted by Crippen LogP contribution is -2.19. The van der Waals surface area contributed by atoms with Crippen LogP contribution < -0.4 is 5.32 Å². The molecule has 0 heterocycles. The van der Waals surface area contributed by atoms with E-state index < -0.39 is 0 Å². The van der Waals surface area contributed by atoms with Crippen molar-refractivity contribution in [1.29, 1.82) is 0 Å². The van der Waals surface area contributed by atoms with E-state index in [1.807, 2.05) is 7.05 Å². The van der Waals surface area contributed by atoms with Gasteiger partial charge in [-0.15, -0.1) is 0 Å². The Bertz CT molecular complexity index is 85.9. The summed E-state index contributed by atoms with van der Waals surface area (Å²) in [4.78, 5) is 0. The normalized spacial score (nSPS) is 13.2. The molecule has 0 aliphatic carbocycles. The lowest BCUT2D eigenvalue weighted by molar-refractivity contribution is 0.120. The first kappa shape index (κ1) is 11.9. The molecule has 12 heavy (non-hydrogen) atoms. The fourth-order valence-electron chi connectivity index (χ4n) is 1.24. The molecule has 0 bridgehead atoms. The fraction of sp³-hybridized carbons (Fsp3) is 1.00. The molecule has 1 N–H and O–H groups in total. The summed E-state index contributed by atoms with van der Waals surface area (Å²) in [6.45, 7) is 7.34. The first-order valence-electron chi connectivity index (χ1n) is 5.07. The topological polar surface area (TPSA) is 21.3 Å². The molecule has 0 saturated heterocycles. The van der Waals surface area contributed by atoms with Gasteiger partial charge in [-0.25, -0.2) is 0 Å². The van der Waals surface area contributed by atoms with Crippen LogP contribution in [0.1, 0.15) is 33.1 Å². The van der Waals surface area contributed by atoms with E-state index in [0.717, 1.165) is 32.1 Å². The Morgan fingerprint density at radius 1 is 1.25 bits per heavy atom. The maximum atomic E-state index is 5.43. The predicted molar refractivity (Wildman–Crippen MR) is 53.4 cm³/mol. The van der Waals surface area contributed by atoms with Crippen molar-refractivity contribution in [2.45, 2.75) is 33.1 Å². The van der Waals surface area contributed by atoms with Crippen LogP contribution in [0.25, 0.3) is 0 Å². The third-order valence-corrected chi connectivity index (χ3v) is 2.09. The van der Waals surface area contributed by atoms with E-state index in [2.05, 4.69) is 19.2 Å². The van der Waals surface area contributed by atoms with Gasteiger partial charge < -0.3 is 10.1 Å². The Hall–Kier alpha value is -0.0800. The molecule has 0 spiro atoms. The van der Waals surface area contributed by atoms with Crippen LogP contribution in [-0.2, 0) is 4.74 Å². The van der Waals surface area contributed by atoms with Gasteiger partial charge in [-0.3, -0.25) is 0 Å². The highest BCUT2D eigenvalue weighted by Crippen LogP contribution is 2.06. The minimum absolute atomic E-state index is 0.784. The Kier molecular flexibility index (Phi) is 8.95. The summed E-state index contributed by atoms with van der Waals surface area (Å²) in [6, 6.07) is 0. The van der Waals surface area contributed by atoms with Gasteiger partial charge in [0.25, 0.3) is 0 Å². The molecule has 1 atom stereocenters. The second-order valence-corrected chi connectivity index (χ2v) is 3.23. The van der Waals surface area contributed by atoms with E-state index in [-0.39, 0.29) is 0 Å². The summed E-state index contributed by atoms with van der Waals surface area (Å²) in [7, 11) is 2.01. The summed E-state index contributed by atoms with van der Waals surface area (Å²) in [6.07, 6.45) is 3.57. The Morgan fingerprint density at radius 3 is 2.50 bits per heavy atom. The van der Waals surface area contributed by atoms with Gasteiger partial charge in [-0.2, -0.15) is 0 Å². The number of hydrogen-bond donors (Lipinski definition) is 1. The second-order valence-electron chi connectivity index (χ2n) is 3.23. The van der Waals surface area contributed by atoms with Crippen LogP contribution in [0.3, 0.4) is 0 Å². The third-order valence-electron chi connectivity index (χ3n) is 2.09. The van der Waals surface area contributed by atoms with Crippen molar-refractivity contribution >= 4 is 0 Å². The molecule has 0 aliphatic rings. The van der Waals surface area contributed by atoms with E-state index in [9.17, 15) is 0 Å². The summed E-state index contributed by atoms with van der Waals surface area (Å²) in [5, 5.41) is 3.20. The molecule has 1 unspecified atom stereocenters. The van der Waals surface area contributed by atoms with Crippen molar-refractivity contribution in [3.8, 4) is 0 Å². The molecular weight excluding hydrogens is 150 g/mol. The van der Waals surface area contributed by atoms with Crippen molar-refractivity contribution in [3.05, 3.63) is 0 Å². The van der Waals surface area contributed by atoms with Gasteiger partial charge in [0, 0.05) is 13.2 Å². The summed E-state index contributed by atoms with van der Waals surface area (Å²) < 4.78 is 5.43. The van der Waals surface area contributed by atoms with E-state index in [1.165, 1.54) is 12.8 Å². The molecule has 0 saturated carbocycles. The van der Waals surface area contributed by atoms with Crippen LogP contribution in [0.4, 0.5) is 0 Å². The van der Waals surface area contributed by atoms with Crippen LogP contribution in [0, 0.1) is 5.92 Å². The minimum Gasteiger partial charge on any atom is -0.381 e. The second kappa shape index (κ2) is 9.01. The van der Waals surface area contributed by atoms with Crippen molar-refractivity contribution in [3.63, 3.8) is 0 Å². The summed E-state index contributed by atoms with van der Waals surface area (Å²) in [5.74, 6) is 0.784. The molecule has 0 rings (SSSR count). The highest BCUT2D eigenvalue weighted by atomic mass is 16.5. The predicted octanol–water partition coefficient (Wildman–Crippen LogP) is 2.05. The zero-order chi connectivity index (χ0) is 9.23. The molecule has 0 radical (unpaired) electrons. The van der Waals surface area contributed by atoms with Gasteiger partial charge in [-0.05, 0) is 32.4 Å². The van der Waals surface area contributed by atoms with Crippen LogP contribution >= 0.6 is 0 Å². The van der Waals surface area contributed by atoms with Crippen LogP contribution in [0.2, 0.25) is 0 Å². The molecule has 0 aromatic rings. The van der Waals surface area contributed by atoms with Crippen molar-refractivity contribution in [2.24, 2.45) is 5.92 Å². The van der Waals surface area contributed by atoms with E-state index in [4.69, 9.17) is 4.74 Å². The smallest absolute Gasteiger partial charge is 0.0469 e. The molecule has 0 aromatic heterocycles. The van der Waals surface area contributed by atoms with Gasteiger partial charge >= 0.3 is 0 Å². The monoisotopic (exact) mass is 173 g/mol. The Labute approximate surface area is 76.7 Å². The van der Waals surface area contributed by atoms with Crippen molar-refractivity contribution < 1.29 is 4.74 Å². The van der Waals surface area contributed by atoms with E-state index >= 15 is 0 Å². The Morgan fingerprint density at radius 2 is 2.00 bits per heavy atom. The summed E-state index contributed by atoms with van der Waals surface area (Å²) in [5.41, 5.74) is 0. The molecular formula is C10H23NO. The maximum Gasteiger partial charge on any atom is 0.0469 e. The zero-order valence-corrected chi connectivity index (χ0v) is 8.73. The number of ether oxygens (including phenoxy) is 1. The van der Waals surface area contributed by atoms with Gasteiger partial charge in [0.05, 0.1) is 0 Å². The number of nitrogens with one attached hydrogen (secondary N) is 1. The van der Waals surface area contributed by atoms with Crippen molar-refractivity contribution in [2.75, 3.05) is 26.8 Å². The standard InChI is InChI=1S/C10H23NO/c1-4-7-12-8-6-10(5-2)9-11-3/h10-11H,4-9H2,1-3H3. The summed E-state index contributed by atoms with van der Waals surface area (Å²) >= 11 is 0. The lowest BCUT2D eigenvalue weighted by atomic mass is 10.0.